The topological polar surface area (TPSA) is 55.4 Å². The fraction of sp³-hybridized carbons (Fsp3) is 0.200. The van der Waals surface area contributed by atoms with E-state index in [2.05, 4.69) is 22.3 Å². The van der Waals surface area contributed by atoms with Crippen molar-refractivity contribution in [1.82, 2.24) is 4.72 Å². The quantitative estimate of drug-likeness (QED) is 0.590. The lowest BCUT2D eigenvalue weighted by Crippen LogP contribution is -2.15. The Hall–Kier alpha value is -1.49. The summed E-state index contributed by atoms with van der Waals surface area (Å²) in [4.78, 5) is 22.6. The Morgan fingerprint density at radius 3 is 2.60 bits per heavy atom. The van der Waals surface area contributed by atoms with Gasteiger partial charge in [0, 0.05) is 5.56 Å². The summed E-state index contributed by atoms with van der Waals surface area (Å²) in [5.41, 5.74) is 1.53. The van der Waals surface area contributed by atoms with Crippen LogP contribution in [0.3, 0.4) is 0 Å². The van der Waals surface area contributed by atoms with Crippen LogP contribution in [0.1, 0.15) is 26.3 Å². The van der Waals surface area contributed by atoms with E-state index < -0.39 is 5.97 Å². The molecule has 0 bridgehead atoms. The number of benzene rings is 1. The minimum atomic E-state index is -0.469. The van der Waals surface area contributed by atoms with E-state index in [4.69, 9.17) is 0 Å². The standard InChI is InChI=1S/C10H11NO3S/c1-6-3-4-7(10(13)14-2)5-8(6)9(12)11-15/h3-5,15H,1-2H3,(H,11,12). The second-order valence-electron chi connectivity index (χ2n) is 2.96. The molecule has 0 heterocycles. The van der Waals surface area contributed by atoms with Crippen molar-refractivity contribution in [1.29, 1.82) is 0 Å². The second-order valence-corrected chi connectivity index (χ2v) is 3.19. The lowest BCUT2D eigenvalue weighted by atomic mass is 10.0. The molecule has 4 nitrogen and oxygen atoms in total. The highest BCUT2D eigenvalue weighted by molar-refractivity contribution is 7.78. The van der Waals surface area contributed by atoms with Gasteiger partial charge in [0.1, 0.15) is 0 Å². The third-order valence-electron chi connectivity index (χ3n) is 2.00. The Morgan fingerprint density at radius 1 is 1.40 bits per heavy atom. The lowest BCUT2D eigenvalue weighted by molar-refractivity contribution is 0.0600. The van der Waals surface area contributed by atoms with E-state index in [1.807, 2.05) is 0 Å². The van der Waals surface area contributed by atoms with Crippen LogP contribution in [-0.4, -0.2) is 19.0 Å². The molecule has 0 aromatic heterocycles. The average Bonchev–Trinajstić information content (AvgIpc) is 2.27. The van der Waals surface area contributed by atoms with Crippen LogP contribution in [-0.2, 0) is 4.74 Å². The maximum atomic E-state index is 11.4. The van der Waals surface area contributed by atoms with Gasteiger partial charge in [0.15, 0.2) is 0 Å². The van der Waals surface area contributed by atoms with Gasteiger partial charge >= 0.3 is 5.97 Å². The van der Waals surface area contributed by atoms with E-state index >= 15 is 0 Å². The van der Waals surface area contributed by atoms with Crippen LogP contribution in [0.4, 0.5) is 0 Å². The van der Waals surface area contributed by atoms with Crippen molar-refractivity contribution in [3.63, 3.8) is 0 Å². The summed E-state index contributed by atoms with van der Waals surface area (Å²) in [5, 5.41) is 0. The molecule has 1 aromatic carbocycles. The van der Waals surface area contributed by atoms with Crippen molar-refractivity contribution < 1.29 is 14.3 Å². The van der Waals surface area contributed by atoms with Gasteiger partial charge in [-0.15, -0.1) is 0 Å². The second kappa shape index (κ2) is 4.84. The van der Waals surface area contributed by atoms with Gasteiger partial charge in [0.25, 0.3) is 5.91 Å². The number of nitrogens with one attached hydrogen (secondary N) is 1. The summed E-state index contributed by atoms with van der Waals surface area (Å²) in [6.45, 7) is 1.78. The predicted molar refractivity (Wildman–Crippen MR) is 59.0 cm³/mol. The summed E-state index contributed by atoms with van der Waals surface area (Å²) in [7, 11) is 1.29. The Morgan fingerprint density at radius 2 is 2.07 bits per heavy atom. The fourth-order valence-electron chi connectivity index (χ4n) is 1.17. The van der Waals surface area contributed by atoms with E-state index in [0.717, 1.165) is 5.56 Å². The monoisotopic (exact) mass is 225 g/mol. The first-order valence-corrected chi connectivity index (χ1v) is 4.68. The maximum absolute atomic E-state index is 11.4. The zero-order chi connectivity index (χ0) is 11.4. The minimum Gasteiger partial charge on any atom is -0.465 e. The molecule has 80 valence electrons. The van der Waals surface area contributed by atoms with Crippen molar-refractivity contribution in [2.24, 2.45) is 0 Å². The number of carbonyl (C=O) groups excluding carboxylic acids is 2. The average molecular weight is 225 g/mol. The van der Waals surface area contributed by atoms with Gasteiger partial charge in [-0.1, -0.05) is 18.9 Å². The van der Waals surface area contributed by atoms with Crippen LogP contribution in [0, 0.1) is 6.92 Å². The Labute approximate surface area is 93.2 Å². The maximum Gasteiger partial charge on any atom is 0.337 e. The molecular formula is C10H11NO3S. The molecule has 5 heteroatoms. The molecule has 0 saturated heterocycles. The molecule has 15 heavy (non-hydrogen) atoms. The van der Waals surface area contributed by atoms with Crippen LogP contribution in [0.2, 0.25) is 0 Å². The summed E-state index contributed by atoms with van der Waals surface area (Å²) in [5.74, 6) is -0.815. The molecule has 0 unspecified atom stereocenters. The number of amides is 1. The van der Waals surface area contributed by atoms with Crippen LogP contribution in [0.5, 0.6) is 0 Å². The highest BCUT2D eigenvalue weighted by Gasteiger charge is 2.12. The van der Waals surface area contributed by atoms with E-state index in [-0.39, 0.29) is 5.91 Å². The fourth-order valence-corrected chi connectivity index (χ4v) is 1.29. The van der Waals surface area contributed by atoms with Crippen molar-refractivity contribution >= 4 is 24.7 Å². The third-order valence-corrected chi connectivity index (χ3v) is 2.21. The zero-order valence-electron chi connectivity index (χ0n) is 8.40. The molecule has 0 aliphatic carbocycles. The molecule has 1 amide bonds. The SMILES string of the molecule is COC(=O)c1ccc(C)c(C(=O)NS)c1. The molecule has 1 N–H and O–H groups in total. The van der Waals surface area contributed by atoms with E-state index in [1.54, 1.807) is 19.1 Å². The lowest BCUT2D eigenvalue weighted by Gasteiger charge is -2.05. The Balaban J connectivity index is 3.16. The van der Waals surface area contributed by atoms with Gasteiger partial charge < -0.3 is 4.74 Å². The van der Waals surface area contributed by atoms with Crippen molar-refractivity contribution in [3.05, 3.63) is 34.9 Å². The number of ether oxygens (including phenoxy) is 1. The summed E-state index contributed by atoms with van der Waals surface area (Å²) in [6.07, 6.45) is 0. The summed E-state index contributed by atoms with van der Waals surface area (Å²) in [6, 6.07) is 4.77. The van der Waals surface area contributed by atoms with Crippen LogP contribution >= 0.6 is 12.8 Å². The predicted octanol–water partition coefficient (Wildman–Crippen LogP) is 1.36. The van der Waals surface area contributed by atoms with Crippen LogP contribution in [0.15, 0.2) is 18.2 Å². The number of rotatable bonds is 2. The first-order valence-electron chi connectivity index (χ1n) is 4.23. The minimum absolute atomic E-state index is 0.343. The number of esters is 1. The van der Waals surface area contributed by atoms with Gasteiger partial charge in [-0.3, -0.25) is 9.52 Å². The smallest absolute Gasteiger partial charge is 0.337 e. The number of thiol groups is 1. The molecule has 0 spiro atoms. The van der Waals surface area contributed by atoms with Gasteiger partial charge in [-0.25, -0.2) is 4.79 Å². The molecular weight excluding hydrogens is 214 g/mol. The number of methoxy groups -OCH3 is 1. The number of hydrogen-bond acceptors (Lipinski definition) is 4. The highest BCUT2D eigenvalue weighted by atomic mass is 32.1. The molecule has 0 fully saturated rings. The normalized spacial score (nSPS) is 9.53. The highest BCUT2D eigenvalue weighted by Crippen LogP contribution is 2.12. The van der Waals surface area contributed by atoms with Crippen molar-refractivity contribution in [3.8, 4) is 0 Å². The largest absolute Gasteiger partial charge is 0.465 e. The molecule has 1 rings (SSSR count). The first-order chi connectivity index (χ1) is 7.10. The van der Waals surface area contributed by atoms with Crippen LogP contribution in [0.25, 0.3) is 0 Å². The van der Waals surface area contributed by atoms with Crippen molar-refractivity contribution in [2.75, 3.05) is 7.11 Å². The molecule has 0 aliphatic heterocycles. The number of hydrogen-bond donors (Lipinski definition) is 2. The first kappa shape index (κ1) is 11.6. The van der Waals surface area contributed by atoms with Gasteiger partial charge in [-0.05, 0) is 24.6 Å². The van der Waals surface area contributed by atoms with E-state index in [0.29, 0.717) is 11.1 Å². The Bertz CT molecular complexity index is 404. The molecule has 0 aliphatic rings. The molecule has 0 atom stereocenters. The zero-order valence-corrected chi connectivity index (χ0v) is 9.30. The number of carbonyl (C=O) groups is 2. The van der Waals surface area contributed by atoms with E-state index in [9.17, 15) is 9.59 Å². The number of aryl methyl sites for hydroxylation is 1. The third kappa shape index (κ3) is 2.50. The molecule has 1 aromatic rings. The van der Waals surface area contributed by atoms with Gasteiger partial charge in [-0.2, -0.15) is 0 Å². The van der Waals surface area contributed by atoms with Crippen molar-refractivity contribution in [2.45, 2.75) is 6.92 Å². The summed E-state index contributed by atoms with van der Waals surface area (Å²) >= 11 is 3.67. The molecule has 0 radical (unpaired) electrons. The Kier molecular flexibility index (Phi) is 3.74. The van der Waals surface area contributed by atoms with E-state index in [1.165, 1.54) is 13.2 Å². The van der Waals surface area contributed by atoms with Gasteiger partial charge in [0.05, 0.1) is 12.7 Å². The van der Waals surface area contributed by atoms with Crippen LogP contribution < -0.4 is 4.72 Å². The molecule has 0 saturated carbocycles. The summed E-state index contributed by atoms with van der Waals surface area (Å²) < 4.78 is 6.76. The van der Waals surface area contributed by atoms with Gasteiger partial charge in [0.2, 0.25) is 0 Å².